The summed E-state index contributed by atoms with van der Waals surface area (Å²) in [4.78, 5) is 10.7. The number of hydrogen-bond donors (Lipinski definition) is 2. The highest BCUT2D eigenvalue weighted by Gasteiger charge is 2.17. The van der Waals surface area contributed by atoms with Crippen LogP contribution in [0, 0.1) is 12.7 Å². The van der Waals surface area contributed by atoms with Gasteiger partial charge in [0.2, 0.25) is 0 Å². The van der Waals surface area contributed by atoms with Gasteiger partial charge in [0, 0.05) is 42.1 Å². The van der Waals surface area contributed by atoms with Crippen molar-refractivity contribution < 1.29 is 13.9 Å². The van der Waals surface area contributed by atoms with E-state index in [1.165, 1.54) is 12.4 Å². The Hall–Kier alpha value is -3.92. The van der Waals surface area contributed by atoms with Crippen LogP contribution < -0.4 is 14.8 Å². The number of halogens is 1. The van der Waals surface area contributed by atoms with E-state index in [0.717, 1.165) is 38.0 Å². The molecular formula is C25H25FN6O2S. The molecule has 5 rings (SSSR count). The maximum absolute atomic E-state index is 14.6. The van der Waals surface area contributed by atoms with Crippen LogP contribution in [0.1, 0.15) is 12.6 Å². The van der Waals surface area contributed by atoms with Crippen LogP contribution in [0.25, 0.3) is 32.2 Å². The number of ether oxygens (including phenoxy) is 2. The molecular weight excluding hydrogens is 467 g/mol. The standard InChI is InChI=1S/C25H25FN6O2S/c1-4-34-21-13-22(35-24(21)25-29-14-30-31-25)19-12-16(7-8-28-19)27-9-10-32-15(2)11-17-20(33-3)6-5-18(26)23(17)32/h5-8,11-14H,4,9-10H2,1-3H3,(H,27,28)(H,29,30,31). The number of hydrogen-bond acceptors (Lipinski definition) is 7. The molecule has 5 aromatic rings. The van der Waals surface area contributed by atoms with Gasteiger partial charge in [-0.1, -0.05) is 0 Å². The van der Waals surface area contributed by atoms with Gasteiger partial charge in [0.15, 0.2) is 5.82 Å². The summed E-state index contributed by atoms with van der Waals surface area (Å²) in [5, 5.41) is 11.1. The third kappa shape index (κ3) is 4.44. The summed E-state index contributed by atoms with van der Waals surface area (Å²) in [7, 11) is 1.60. The zero-order valence-corrected chi connectivity index (χ0v) is 20.4. The molecule has 0 amide bonds. The fraction of sp³-hybridized carbons (Fsp3) is 0.240. The van der Waals surface area contributed by atoms with Crippen molar-refractivity contribution in [2.24, 2.45) is 0 Å². The molecule has 8 nitrogen and oxygen atoms in total. The van der Waals surface area contributed by atoms with Crippen molar-refractivity contribution in [3.05, 3.63) is 60.4 Å². The van der Waals surface area contributed by atoms with Gasteiger partial charge >= 0.3 is 0 Å². The molecule has 0 saturated heterocycles. The van der Waals surface area contributed by atoms with Gasteiger partial charge in [-0.15, -0.1) is 11.3 Å². The molecule has 0 unspecified atom stereocenters. The first kappa shape index (κ1) is 22.9. The van der Waals surface area contributed by atoms with Gasteiger partial charge in [0.05, 0.1) is 29.8 Å². The summed E-state index contributed by atoms with van der Waals surface area (Å²) in [6, 6.07) is 11.0. The van der Waals surface area contributed by atoms with Crippen LogP contribution in [-0.4, -0.2) is 45.0 Å². The minimum atomic E-state index is -0.259. The van der Waals surface area contributed by atoms with E-state index < -0.39 is 0 Å². The second kappa shape index (κ2) is 9.75. The van der Waals surface area contributed by atoms with Crippen molar-refractivity contribution in [2.45, 2.75) is 20.4 Å². The predicted molar refractivity (Wildman–Crippen MR) is 136 cm³/mol. The fourth-order valence-corrected chi connectivity index (χ4v) is 5.15. The molecule has 0 bridgehead atoms. The number of anilines is 1. The Kier molecular flexibility index (Phi) is 6.37. The van der Waals surface area contributed by atoms with Gasteiger partial charge < -0.3 is 19.4 Å². The average molecular weight is 493 g/mol. The number of nitrogens with zero attached hydrogens (tertiary/aromatic N) is 4. The molecule has 0 aliphatic carbocycles. The van der Waals surface area contributed by atoms with E-state index in [1.807, 2.05) is 42.7 Å². The summed E-state index contributed by atoms with van der Waals surface area (Å²) in [6.07, 6.45) is 3.25. The average Bonchev–Trinajstić information content (AvgIpc) is 3.60. The van der Waals surface area contributed by atoms with Gasteiger partial charge in [-0.05, 0) is 44.2 Å². The number of aromatic amines is 1. The lowest BCUT2D eigenvalue weighted by Gasteiger charge is -2.12. The van der Waals surface area contributed by atoms with Gasteiger partial charge in [0.25, 0.3) is 0 Å². The molecule has 0 fully saturated rings. The highest BCUT2D eigenvalue weighted by molar-refractivity contribution is 7.19. The maximum Gasteiger partial charge on any atom is 0.169 e. The third-order valence-corrected chi connectivity index (χ3v) is 6.85. The van der Waals surface area contributed by atoms with Crippen LogP contribution in [0.2, 0.25) is 0 Å². The zero-order chi connectivity index (χ0) is 24.4. The molecule has 180 valence electrons. The number of fused-ring (bicyclic) bond motifs is 1. The molecule has 10 heteroatoms. The van der Waals surface area contributed by atoms with Crippen molar-refractivity contribution >= 4 is 27.9 Å². The van der Waals surface area contributed by atoms with E-state index in [4.69, 9.17) is 9.47 Å². The van der Waals surface area contributed by atoms with Crippen molar-refractivity contribution in [2.75, 3.05) is 25.6 Å². The molecule has 0 spiro atoms. The predicted octanol–water partition coefficient (Wildman–Crippen LogP) is 5.52. The molecule has 1 aromatic carbocycles. The quantitative estimate of drug-likeness (QED) is 0.282. The lowest BCUT2D eigenvalue weighted by molar-refractivity contribution is 0.343. The van der Waals surface area contributed by atoms with Crippen molar-refractivity contribution in [1.29, 1.82) is 0 Å². The summed E-state index contributed by atoms with van der Waals surface area (Å²) in [6.45, 7) is 5.68. The highest BCUT2D eigenvalue weighted by atomic mass is 32.1. The Morgan fingerprint density at radius 3 is 2.80 bits per heavy atom. The SMILES string of the molecule is CCOc1cc(-c2cc(NCCn3c(C)cc4c(OC)ccc(F)c43)ccn2)sc1-c1ncn[nH]1. The largest absolute Gasteiger partial charge is 0.496 e. The van der Waals surface area contributed by atoms with E-state index in [9.17, 15) is 4.39 Å². The van der Waals surface area contributed by atoms with Gasteiger partial charge in [0.1, 0.15) is 28.5 Å². The van der Waals surface area contributed by atoms with Crippen LogP contribution in [-0.2, 0) is 6.54 Å². The Bertz CT molecular complexity index is 1460. The van der Waals surface area contributed by atoms with Crippen molar-refractivity contribution in [1.82, 2.24) is 24.7 Å². The summed E-state index contributed by atoms with van der Waals surface area (Å²) >= 11 is 1.54. The number of H-pyrrole nitrogens is 1. The Balaban J connectivity index is 1.35. The van der Waals surface area contributed by atoms with Gasteiger partial charge in [-0.2, -0.15) is 5.10 Å². The highest BCUT2D eigenvalue weighted by Crippen LogP contribution is 2.41. The van der Waals surface area contributed by atoms with E-state index in [-0.39, 0.29) is 5.82 Å². The first-order valence-corrected chi connectivity index (χ1v) is 12.1. The molecule has 2 N–H and O–H groups in total. The molecule has 4 heterocycles. The topological polar surface area (TPSA) is 89.9 Å². The Labute approximate surface area is 205 Å². The molecule has 0 aliphatic heterocycles. The number of methoxy groups -OCH3 is 1. The van der Waals surface area contributed by atoms with Crippen LogP contribution in [0.5, 0.6) is 11.5 Å². The Morgan fingerprint density at radius 2 is 2.03 bits per heavy atom. The molecule has 0 atom stereocenters. The summed E-state index contributed by atoms with van der Waals surface area (Å²) in [5.74, 6) is 1.82. The number of rotatable bonds is 9. The van der Waals surface area contributed by atoms with Crippen molar-refractivity contribution in [3.63, 3.8) is 0 Å². The molecule has 0 aliphatic rings. The lowest BCUT2D eigenvalue weighted by atomic mass is 10.2. The van der Waals surface area contributed by atoms with Crippen LogP contribution in [0.3, 0.4) is 0 Å². The third-order valence-electron chi connectivity index (χ3n) is 5.70. The van der Waals surface area contributed by atoms with Crippen LogP contribution in [0.4, 0.5) is 10.1 Å². The molecule has 4 aromatic heterocycles. The normalized spacial score (nSPS) is 11.2. The lowest BCUT2D eigenvalue weighted by Crippen LogP contribution is -2.12. The molecule has 0 saturated carbocycles. The second-order valence-corrected chi connectivity index (χ2v) is 8.93. The second-order valence-electron chi connectivity index (χ2n) is 7.88. The zero-order valence-electron chi connectivity index (χ0n) is 19.6. The first-order chi connectivity index (χ1) is 17.1. The number of benzene rings is 1. The number of pyridine rings is 1. The Morgan fingerprint density at radius 1 is 1.14 bits per heavy atom. The van der Waals surface area contributed by atoms with E-state index in [1.54, 1.807) is 30.7 Å². The smallest absolute Gasteiger partial charge is 0.169 e. The van der Waals surface area contributed by atoms with E-state index in [0.29, 0.717) is 36.8 Å². The summed E-state index contributed by atoms with van der Waals surface area (Å²) < 4.78 is 27.8. The minimum Gasteiger partial charge on any atom is -0.496 e. The van der Waals surface area contributed by atoms with Gasteiger partial charge in [-0.3, -0.25) is 10.1 Å². The first-order valence-electron chi connectivity index (χ1n) is 11.2. The fourth-order valence-electron chi connectivity index (χ4n) is 4.14. The van der Waals surface area contributed by atoms with E-state index in [2.05, 4.69) is 25.5 Å². The van der Waals surface area contributed by atoms with Gasteiger partial charge in [-0.25, -0.2) is 9.37 Å². The number of thiophene rings is 1. The number of nitrogens with one attached hydrogen (secondary N) is 2. The number of aryl methyl sites for hydroxylation is 1. The summed E-state index contributed by atoms with van der Waals surface area (Å²) in [5.41, 5.74) is 3.28. The van der Waals surface area contributed by atoms with Crippen LogP contribution >= 0.6 is 11.3 Å². The maximum atomic E-state index is 14.6. The molecule has 35 heavy (non-hydrogen) atoms. The monoisotopic (exact) mass is 492 g/mol. The minimum absolute atomic E-state index is 0.259. The molecule has 0 radical (unpaired) electrons. The van der Waals surface area contributed by atoms with E-state index >= 15 is 0 Å². The van der Waals surface area contributed by atoms with Crippen LogP contribution in [0.15, 0.2) is 48.9 Å². The number of aromatic nitrogens is 5. The van der Waals surface area contributed by atoms with Crippen molar-refractivity contribution in [3.8, 4) is 32.8 Å².